The van der Waals surface area contributed by atoms with Gasteiger partial charge in [0, 0.05) is 33.0 Å². The molecule has 6 heteroatoms. The highest BCUT2D eigenvalue weighted by atomic mass is 16.2. The number of hydrazine groups is 1. The van der Waals surface area contributed by atoms with Crippen molar-refractivity contribution in [2.45, 2.75) is 12.6 Å². The smallest absolute Gasteiger partial charge is 0.229 e. The number of imidazole rings is 1. The number of aromatic nitrogens is 2. The minimum Gasteiger partial charge on any atom is -0.338 e. The van der Waals surface area contributed by atoms with Crippen LogP contribution in [0.15, 0.2) is 42.7 Å². The lowest BCUT2D eigenvalue weighted by Gasteiger charge is -2.24. The highest BCUT2D eigenvalue weighted by molar-refractivity contribution is 5.80. The second kappa shape index (κ2) is 6.29. The molecule has 116 valence electrons. The van der Waals surface area contributed by atoms with Gasteiger partial charge in [-0.1, -0.05) is 30.3 Å². The Morgan fingerprint density at radius 3 is 2.86 bits per heavy atom. The van der Waals surface area contributed by atoms with Crippen molar-refractivity contribution in [3.05, 3.63) is 54.1 Å². The molecule has 2 unspecified atom stereocenters. The van der Waals surface area contributed by atoms with Crippen LogP contribution < -0.4 is 10.9 Å². The Balaban J connectivity index is 1.72. The number of rotatable bonds is 4. The molecule has 2 heterocycles. The number of carbonyl (C=O) groups excluding carboxylic acids is 1. The molecule has 2 atom stereocenters. The Morgan fingerprint density at radius 1 is 1.41 bits per heavy atom. The molecule has 0 bridgehead atoms. The molecule has 22 heavy (non-hydrogen) atoms. The van der Waals surface area contributed by atoms with E-state index in [0.29, 0.717) is 13.1 Å². The fourth-order valence-electron chi connectivity index (χ4n) is 2.83. The molecule has 0 radical (unpaired) electrons. The Hall–Kier alpha value is -2.18. The van der Waals surface area contributed by atoms with E-state index in [1.807, 2.05) is 55.2 Å². The van der Waals surface area contributed by atoms with Crippen molar-refractivity contribution in [2.75, 3.05) is 13.6 Å². The molecule has 6 nitrogen and oxygen atoms in total. The number of nitrogens with zero attached hydrogens (tertiary/aromatic N) is 3. The largest absolute Gasteiger partial charge is 0.338 e. The number of nitrogens with one attached hydrogen (secondary N) is 2. The first-order chi connectivity index (χ1) is 10.7. The maximum atomic E-state index is 12.8. The Bertz CT molecular complexity index is 639. The summed E-state index contributed by atoms with van der Waals surface area (Å²) in [6.45, 7) is 1.14. The topological polar surface area (TPSA) is 62.2 Å². The van der Waals surface area contributed by atoms with Gasteiger partial charge in [-0.2, -0.15) is 0 Å². The SMILES string of the molecule is CN(Cc1nccn1C)C(=O)C1CNNC1c1ccccc1. The molecule has 0 saturated carbocycles. The molecule has 1 amide bonds. The monoisotopic (exact) mass is 299 g/mol. The molecule has 0 spiro atoms. The van der Waals surface area contributed by atoms with Crippen LogP contribution in [-0.2, 0) is 18.4 Å². The fourth-order valence-corrected chi connectivity index (χ4v) is 2.83. The molecule has 1 aliphatic rings. The van der Waals surface area contributed by atoms with Crippen LogP contribution in [0.3, 0.4) is 0 Å². The van der Waals surface area contributed by atoms with Crippen LogP contribution in [0.25, 0.3) is 0 Å². The molecular formula is C16H21N5O. The zero-order chi connectivity index (χ0) is 15.5. The van der Waals surface area contributed by atoms with Gasteiger partial charge in [-0.05, 0) is 5.56 Å². The van der Waals surface area contributed by atoms with E-state index in [1.165, 1.54) is 0 Å². The van der Waals surface area contributed by atoms with Crippen molar-refractivity contribution in [1.29, 1.82) is 0 Å². The third kappa shape index (κ3) is 2.88. The van der Waals surface area contributed by atoms with Gasteiger partial charge in [-0.25, -0.2) is 10.4 Å². The minimum atomic E-state index is -0.118. The van der Waals surface area contributed by atoms with Crippen LogP contribution >= 0.6 is 0 Å². The maximum absolute atomic E-state index is 12.8. The third-order valence-electron chi connectivity index (χ3n) is 4.13. The lowest BCUT2D eigenvalue weighted by atomic mass is 9.94. The van der Waals surface area contributed by atoms with E-state index < -0.39 is 0 Å². The second-order valence-corrected chi connectivity index (χ2v) is 5.67. The van der Waals surface area contributed by atoms with E-state index in [2.05, 4.69) is 15.8 Å². The average Bonchev–Trinajstić information content (AvgIpc) is 3.17. The normalized spacial score (nSPS) is 21.0. The Labute approximate surface area is 130 Å². The minimum absolute atomic E-state index is 0.00229. The van der Waals surface area contributed by atoms with Crippen molar-refractivity contribution in [3.63, 3.8) is 0 Å². The maximum Gasteiger partial charge on any atom is 0.229 e. The number of amides is 1. The van der Waals surface area contributed by atoms with Crippen LogP contribution in [-0.4, -0.2) is 34.0 Å². The summed E-state index contributed by atoms with van der Waals surface area (Å²) in [5, 5.41) is 0. The van der Waals surface area contributed by atoms with Crippen LogP contribution in [0.1, 0.15) is 17.4 Å². The molecule has 1 aliphatic heterocycles. The Kier molecular flexibility index (Phi) is 4.22. The van der Waals surface area contributed by atoms with Crippen molar-refractivity contribution < 1.29 is 4.79 Å². The summed E-state index contributed by atoms with van der Waals surface area (Å²) in [6.07, 6.45) is 3.64. The predicted octanol–water partition coefficient (Wildman–Crippen LogP) is 0.844. The van der Waals surface area contributed by atoms with Crippen molar-refractivity contribution in [1.82, 2.24) is 25.3 Å². The molecule has 3 rings (SSSR count). The number of hydrogen-bond donors (Lipinski definition) is 2. The standard InChI is InChI=1S/C16H21N5O/c1-20-9-8-17-14(20)11-21(2)16(22)13-10-18-19-15(13)12-6-4-3-5-7-12/h3-9,13,15,18-19H,10-11H2,1-2H3. The average molecular weight is 299 g/mol. The van der Waals surface area contributed by atoms with E-state index in [4.69, 9.17) is 0 Å². The van der Waals surface area contributed by atoms with Crippen LogP contribution in [0.5, 0.6) is 0 Å². The summed E-state index contributed by atoms with van der Waals surface area (Å²) in [6, 6.07) is 10.1. The van der Waals surface area contributed by atoms with Gasteiger partial charge in [0.1, 0.15) is 5.82 Å². The first kappa shape index (κ1) is 14.7. The van der Waals surface area contributed by atoms with E-state index in [9.17, 15) is 4.79 Å². The lowest BCUT2D eigenvalue weighted by Crippen LogP contribution is -2.36. The summed E-state index contributed by atoms with van der Waals surface area (Å²) in [7, 11) is 3.77. The number of aryl methyl sites for hydroxylation is 1. The van der Waals surface area contributed by atoms with Gasteiger partial charge in [0.05, 0.1) is 18.5 Å². The molecule has 0 aliphatic carbocycles. The highest BCUT2D eigenvalue weighted by Crippen LogP contribution is 2.26. The Morgan fingerprint density at radius 2 is 2.18 bits per heavy atom. The predicted molar refractivity (Wildman–Crippen MR) is 83.5 cm³/mol. The zero-order valence-electron chi connectivity index (χ0n) is 12.9. The molecule has 1 aromatic heterocycles. The van der Waals surface area contributed by atoms with Crippen LogP contribution in [0.2, 0.25) is 0 Å². The van der Waals surface area contributed by atoms with Gasteiger partial charge in [0.15, 0.2) is 0 Å². The number of benzene rings is 1. The molecular weight excluding hydrogens is 278 g/mol. The van der Waals surface area contributed by atoms with Gasteiger partial charge in [0.2, 0.25) is 5.91 Å². The van der Waals surface area contributed by atoms with E-state index in [1.54, 1.807) is 11.1 Å². The van der Waals surface area contributed by atoms with Gasteiger partial charge in [-0.3, -0.25) is 10.2 Å². The van der Waals surface area contributed by atoms with E-state index in [-0.39, 0.29) is 17.9 Å². The lowest BCUT2D eigenvalue weighted by molar-refractivity contribution is -0.134. The summed E-state index contributed by atoms with van der Waals surface area (Å²) >= 11 is 0. The van der Waals surface area contributed by atoms with Crippen molar-refractivity contribution in [3.8, 4) is 0 Å². The van der Waals surface area contributed by atoms with Gasteiger partial charge in [0.25, 0.3) is 0 Å². The summed E-state index contributed by atoms with van der Waals surface area (Å²) < 4.78 is 1.93. The molecule has 1 aromatic carbocycles. The molecule has 2 N–H and O–H groups in total. The van der Waals surface area contributed by atoms with E-state index in [0.717, 1.165) is 11.4 Å². The summed E-state index contributed by atoms with van der Waals surface area (Å²) in [5.41, 5.74) is 7.44. The third-order valence-corrected chi connectivity index (χ3v) is 4.13. The second-order valence-electron chi connectivity index (χ2n) is 5.67. The quantitative estimate of drug-likeness (QED) is 0.878. The molecule has 1 fully saturated rings. The number of hydrogen-bond acceptors (Lipinski definition) is 4. The highest BCUT2D eigenvalue weighted by Gasteiger charge is 2.35. The fraction of sp³-hybridized carbons (Fsp3) is 0.375. The molecule has 1 saturated heterocycles. The van der Waals surface area contributed by atoms with Crippen molar-refractivity contribution >= 4 is 5.91 Å². The molecule has 2 aromatic rings. The summed E-state index contributed by atoms with van der Waals surface area (Å²) in [4.78, 5) is 18.8. The zero-order valence-corrected chi connectivity index (χ0v) is 12.9. The number of carbonyl (C=O) groups is 1. The van der Waals surface area contributed by atoms with E-state index >= 15 is 0 Å². The van der Waals surface area contributed by atoms with Crippen LogP contribution in [0.4, 0.5) is 0 Å². The summed E-state index contributed by atoms with van der Waals surface area (Å²) in [5.74, 6) is 0.882. The van der Waals surface area contributed by atoms with Gasteiger partial charge in [-0.15, -0.1) is 0 Å². The van der Waals surface area contributed by atoms with Gasteiger partial charge >= 0.3 is 0 Å². The van der Waals surface area contributed by atoms with Gasteiger partial charge < -0.3 is 9.47 Å². The first-order valence-electron chi connectivity index (χ1n) is 7.41. The first-order valence-corrected chi connectivity index (χ1v) is 7.41. The van der Waals surface area contributed by atoms with Crippen molar-refractivity contribution in [2.24, 2.45) is 13.0 Å². The van der Waals surface area contributed by atoms with Crippen LogP contribution in [0, 0.1) is 5.92 Å².